The van der Waals surface area contributed by atoms with Crippen LogP contribution in [0.5, 0.6) is 0 Å². The molecule has 0 aliphatic carbocycles. The van der Waals surface area contributed by atoms with E-state index in [4.69, 9.17) is 4.74 Å². The van der Waals surface area contributed by atoms with Crippen LogP contribution in [0.4, 0.5) is 4.39 Å². The average molecular weight is 293 g/mol. The molecule has 0 N–H and O–H groups in total. The van der Waals surface area contributed by atoms with Crippen molar-refractivity contribution in [2.45, 2.75) is 24.8 Å². The Hall–Kier alpha value is -0.0600. The van der Waals surface area contributed by atoms with E-state index in [9.17, 15) is 4.39 Å². The fourth-order valence-electron chi connectivity index (χ4n) is 1.14. The monoisotopic (exact) mass is 292 g/mol. The number of rotatable bonds is 5. The summed E-state index contributed by atoms with van der Waals surface area (Å²) in [4.78, 5) is 0.663. The van der Waals surface area contributed by atoms with Crippen LogP contribution in [-0.2, 0) is 4.74 Å². The van der Waals surface area contributed by atoms with E-state index in [2.05, 4.69) is 15.9 Å². The van der Waals surface area contributed by atoms with Gasteiger partial charge < -0.3 is 4.74 Å². The molecule has 15 heavy (non-hydrogen) atoms. The second kappa shape index (κ2) is 6.51. The summed E-state index contributed by atoms with van der Waals surface area (Å²) in [7, 11) is 0. The Morgan fingerprint density at radius 3 is 2.93 bits per heavy atom. The molecule has 1 unspecified atom stereocenters. The molecule has 0 aliphatic heterocycles. The molecule has 0 fully saturated rings. The summed E-state index contributed by atoms with van der Waals surface area (Å²) in [5.41, 5.74) is 0. The Balaban J connectivity index is 2.54. The van der Waals surface area contributed by atoms with Gasteiger partial charge in [-0.15, -0.1) is 11.8 Å². The molecule has 0 saturated carbocycles. The van der Waals surface area contributed by atoms with Gasteiger partial charge in [0.2, 0.25) is 0 Å². The molecule has 1 rings (SSSR count). The molecule has 4 heteroatoms. The summed E-state index contributed by atoms with van der Waals surface area (Å²) in [5.74, 6) is 0.576. The maximum Gasteiger partial charge on any atom is 0.150 e. The zero-order chi connectivity index (χ0) is 11.3. The van der Waals surface area contributed by atoms with Gasteiger partial charge in [-0.3, -0.25) is 0 Å². The van der Waals surface area contributed by atoms with Crippen molar-refractivity contribution in [1.29, 1.82) is 0 Å². The van der Waals surface area contributed by atoms with Crippen molar-refractivity contribution in [3.05, 3.63) is 28.5 Å². The highest BCUT2D eigenvalue weighted by Gasteiger charge is 2.08. The summed E-state index contributed by atoms with van der Waals surface area (Å²) < 4.78 is 19.4. The molecular formula is C11H14BrFOS. The van der Waals surface area contributed by atoms with Crippen molar-refractivity contribution in [2.24, 2.45) is 0 Å². The van der Waals surface area contributed by atoms with Gasteiger partial charge in [0, 0.05) is 17.3 Å². The predicted molar refractivity (Wildman–Crippen MR) is 65.9 cm³/mol. The van der Waals surface area contributed by atoms with Crippen LogP contribution >= 0.6 is 27.7 Å². The quantitative estimate of drug-likeness (QED) is 0.756. The summed E-state index contributed by atoms with van der Waals surface area (Å²) in [6.45, 7) is 4.65. The molecule has 0 aromatic heterocycles. The van der Waals surface area contributed by atoms with Crippen molar-refractivity contribution in [3.63, 3.8) is 0 Å². The van der Waals surface area contributed by atoms with E-state index in [1.165, 1.54) is 11.8 Å². The fraction of sp³-hybridized carbons (Fsp3) is 0.455. The lowest BCUT2D eigenvalue weighted by Gasteiger charge is -2.11. The molecule has 0 radical (unpaired) electrons. The van der Waals surface area contributed by atoms with Crippen LogP contribution in [0.25, 0.3) is 0 Å². The minimum atomic E-state index is -0.189. The lowest BCUT2D eigenvalue weighted by atomic mass is 10.3. The Kier molecular flexibility index (Phi) is 5.64. The van der Waals surface area contributed by atoms with E-state index in [-0.39, 0.29) is 11.9 Å². The van der Waals surface area contributed by atoms with E-state index in [0.717, 1.165) is 5.75 Å². The third-order valence-electron chi connectivity index (χ3n) is 1.84. The van der Waals surface area contributed by atoms with Crippen molar-refractivity contribution in [3.8, 4) is 0 Å². The highest BCUT2D eigenvalue weighted by Crippen LogP contribution is 2.27. The molecule has 0 saturated heterocycles. The van der Waals surface area contributed by atoms with E-state index in [0.29, 0.717) is 16.0 Å². The first-order valence-electron chi connectivity index (χ1n) is 4.83. The summed E-state index contributed by atoms with van der Waals surface area (Å²) in [6, 6.07) is 5.32. The van der Waals surface area contributed by atoms with Crippen LogP contribution in [0.1, 0.15) is 13.8 Å². The number of thioether (sulfide) groups is 1. The highest BCUT2D eigenvalue weighted by atomic mass is 79.9. The van der Waals surface area contributed by atoms with Crippen LogP contribution in [0.15, 0.2) is 27.6 Å². The Morgan fingerprint density at radius 2 is 2.27 bits per heavy atom. The molecule has 0 amide bonds. The first-order chi connectivity index (χ1) is 7.15. The van der Waals surface area contributed by atoms with Gasteiger partial charge in [0.25, 0.3) is 0 Å². The first kappa shape index (κ1) is 13.0. The van der Waals surface area contributed by atoms with Gasteiger partial charge in [0.1, 0.15) is 0 Å². The zero-order valence-corrected chi connectivity index (χ0v) is 11.2. The van der Waals surface area contributed by atoms with Gasteiger partial charge in [-0.2, -0.15) is 0 Å². The minimum Gasteiger partial charge on any atom is -0.378 e. The molecule has 0 aliphatic rings. The van der Waals surface area contributed by atoms with E-state index in [1.54, 1.807) is 12.1 Å². The lowest BCUT2D eigenvalue weighted by molar-refractivity contribution is 0.0932. The second-order valence-electron chi connectivity index (χ2n) is 3.13. The van der Waals surface area contributed by atoms with Gasteiger partial charge in [-0.25, -0.2) is 4.39 Å². The molecular weight excluding hydrogens is 279 g/mol. The van der Waals surface area contributed by atoms with Crippen LogP contribution in [0.3, 0.4) is 0 Å². The number of hydrogen-bond acceptors (Lipinski definition) is 2. The number of halogens is 2. The van der Waals surface area contributed by atoms with E-state index >= 15 is 0 Å². The van der Waals surface area contributed by atoms with Gasteiger partial charge >= 0.3 is 0 Å². The Bertz CT molecular complexity index is 319. The third kappa shape index (κ3) is 4.13. The molecule has 0 spiro atoms. The molecule has 0 heterocycles. The van der Waals surface area contributed by atoms with Crippen LogP contribution < -0.4 is 0 Å². The van der Waals surface area contributed by atoms with Crippen molar-refractivity contribution in [1.82, 2.24) is 0 Å². The molecule has 0 bridgehead atoms. The minimum absolute atomic E-state index is 0.151. The third-order valence-corrected chi connectivity index (χ3v) is 3.72. The maximum absolute atomic E-state index is 13.5. The van der Waals surface area contributed by atoms with Gasteiger partial charge in [0.05, 0.1) is 10.6 Å². The highest BCUT2D eigenvalue weighted by molar-refractivity contribution is 9.10. The standard InChI is InChI=1S/C11H14BrFOS/c1-3-14-8(2)7-15-10-6-4-5-9(12)11(10)13/h4-6,8H,3,7H2,1-2H3. The smallest absolute Gasteiger partial charge is 0.150 e. The van der Waals surface area contributed by atoms with Gasteiger partial charge in [-0.1, -0.05) is 6.07 Å². The summed E-state index contributed by atoms with van der Waals surface area (Å²) in [6.07, 6.45) is 0.151. The average Bonchev–Trinajstić information content (AvgIpc) is 2.21. The summed E-state index contributed by atoms with van der Waals surface area (Å²) in [5, 5.41) is 0. The first-order valence-corrected chi connectivity index (χ1v) is 6.61. The normalized spacial score (nSPS) is 12.8. The Labute approximate surface area is 103 Å². The maximum atomic E-state index is 13.5. The summed E-state index contributed by atoms with van der Waals surface area (Å²) >= 11 is 4.64. The van der Waals surface area contributed by atoms with Crippen LogP contribution in [0, 0.1) is 5.82 Å². The van der Waals surface area contributed by atoms with Crippen molar-refractivity contribution >= 4 is 27.7 Å². The molecule has 1 aromatic rings. The fourth-order valence-corrected chi connectivity index (χ4v) is 2.55. The largest absolute Gasteiger partial charge is 0.378 e. The van der Waals surface area contributed by atoms with Crippen molar-refractivity contribution in [2.75, 3.05) is 12.4 Å². The van der Waals surface area contributed by atoms with E-state index < -0.39 is 0 Å². The molecule has 84 valence electrons. The molecule has 1 nitrogen and oxygen atoms in total. The Morgan fingerprint density at radius 1 is 1.53 bits per heavy atom. The van der Waals surface area contributed by atoms with Gasteiger partial charge in [-0.05, 0) is 41.9 Å². The predicted octanol–water partition coefficient (Wildman–Crippen LogP) is 4.11. The number of benzene rings is 1. The number of hydrogen-bond donors (Lipinski definition) is 0. The number of ether oxygens (including phenoxy) is 1. The second-order valence-corrected chi connectivity index (χ2v) is 5.05. The topological polar surface area (TPSA) is 9.23 Å². The SMILES string of the molecule is CCOC(C)CSc1cccc(Br)c1F. The zero-order valence-electron chi connectivity index (χ0n) is 8.80. The van der Waals surface area contributed by atoms with E-state index in [1.807, 2.05) is 19.9 Å². The van der Waals surface area contributed by atoms with Crippen LogP contribution in [0.2, 0.25) is 0 Å². The van der Waals surface area contributed by atoms with Crippen LogP contribution in [-0.4, -0.2) is 18.5 Å². The van der Waals surface area contributed by atoms with Gasteiger partial charge in [0.15, 0.2) is 5.82 Å². The lowest BCUT2D eigenvalue weighted by Crippen LogP contribution is -2.10. The molecule has 1 atom stereocenters. The molecule has 1 aromatic carbocycles. The van der Waals surface area contributed by atoms with Crippen molar-refractivity contribution < 1.29 is 9.13 Å².